The molecule has 2 aromatic carbocycles. The number of aryl methyl sites for hydroxylation is 1. The highest BCUT2D eigenvalue weighted by Crippen LogP contribution is 2.54. The number of benzene rings is 2. The monoisotopic (exact) mass is 785 g/mol. The van der Waals surface area contributed by atoms with E-state index in [1.54, 1.807) is 63.4 Å². The van der Waals surface area contributed by atoms with Crippen molar-refractivity contribution in [2.45, 2.75) is 92.5 Å². The van der Waals surface area contributed by atoms with Crippen LogP contribution in [0.4, 0.5) is 5.69 Å². The van der Waals surface area contributed by atoms with E-state index in [1.165, 1.54) is 40.2 Å². The molecule has 4 aromatic rings. The van der Waals surface area contributed by atoms with Crippen molar-refractivity contribution >= 4 is 50.8 Å². The van der Waals surface area contributed by atoms with Crippen LogP contribution in [0.3, 0.4) is 0 Å². The lowest BCUT2D eigenvalue weighted by molar-refractivity contribution is -0.160. The van der Waals surface area contributed by atoms with Crippen LogP contribution in [0.25, 0.3) is 27.5 Å². The summed E-state index contributed by atoms with van der Waals surface area (Å²) in [5.74, 6) is -6.96. The van der Waals surface area contributed by atoms with Gasteiger partial charge in [-0.2, -0.15) is 0 Å². The number of aromatic nitrogens is 2. The van der Waals surface area contributed by atoms with Crippen molar-refractivity contribution in [2.75, 3.05) is 12.4 Å². The lowest BCUT2D eigenvalue weighted by atomic mass is 9.78. The number of pyridine rings is 1. The maximum Gasteiger partial charge on any atom is 0.312 e. The zero-order chi connectivity index (χ0) is 41.8. The fourth-order valence-corrected chi connectivity index (χ4v) is 8.03. The molecule has 14 nitrogen and oxygen atoms in total. The van der Waals surface area contributed by atoms with E-state index in [4.69, 9.17) is 23.9 Å². The second kappa shape index (κ2) is 15.5. The van der Waals surface area contributed by atoms with Crippen molar-refractivity contribution < 1.29 is 53.8 Å². The molecule has 9 atom stereocenters. The summed E-state index contributed by atoms with van der Waals surface area (Å²) < 4.78 is 25.5. The SMILES string of the molecule is CO[C@@H]1/C=C\O[C@@]2(C)Oc3c(C)c(O)c4c(O)c(c5c(nc6cc(C)ccn65)c4c3C2=O)NC(=O)/C(C)=C\C=C\[C@H](C)[C@H](O)[C@@H](C)[C@@H](O)[C@@H](C)[C@H](OC(C)=O)[C@H]1C. The Bertz CT molecular complexity index is 2380. The summed E-state index contributed by atoms with van der Waals surface area (Å²) in [6.45, 7) is 14.7. The van der Waals surface area contributed by atoms with Crippen LogP contribution in [0.15, 0.2) is 54.5 Å². The number of hydrogen-bond donors (Lipinski definition) is 5. The number of amides is 1. The zero-order valence-corrected chi connectivity index (χ0v) is 33.8. The number of carbonyl (C=O) groups excluding carboxylic acids is 3. The number of hydrogen-bond acceptors (Lipinski definition) is 12. The molecule has 0 spiro atoms. The molecule has 2 aromatic heterocycles. The molecule has 0 radical (unpaired) electrons. The van der Waals surface area contributed by atoms with Gasteiger partial charge in [-0.05, 0) is 44.5 Å². The number of ketones is 1. The molecule has 6 rings (SSSR count). The maximum absolute atomic E-state index is 14.6. The quantitative estimate of drug-likeness (QED) is 0.115. The molecular weight excluding hydrogens is 734 g/mol. The fourth-order valence-electron chi connectivity index (χ4n) is 8.03. The van der Waals surface area contributed by atoms with Crippen LogP contribution >= 0.6 is 0 Å². The number of Topliss-reactive ketones (excluding diaryl/α,β-unsaturated/α-hetero) is 1. The lowest BCUT2D eigenvalue weighted by Gasteiger charge is -2.38. The molecular formula is C43H51N3O11. The number of fused-ring (bicyclic) bond motifs is 2. The van der Waals surface area contributed by atoms with Crippen molar-refractivity contribution in [3.63, 3.8) is 0 Å². The number of carbonyl (C=O) groups is 3. The van der Waals surface area contributed by atoms with Crippen molar-refractivity contribution in [1.29, 1.82) is 0 Å². The van der Waals surface area contributed by atoms with E-state index in [0.29, 0.717) is 5.65 Å². The summed E-state index contributed by atoms with van der Waals surface area (Å²) in [7, 11) is 1.46. The molecule has 0 saturated heterocycles. The third kappa shape index (κ3) is 7.10. The van der Waals surface area contributed by atoms with E-state index in [9.17, 15) is 34.8 Å². The van der Waals surface area contributed by atoms with Crippen molar-refractivity contribution in [2.24, 2.45) is 23.7 Å². The van der Waals surface area contributed by atoms with Crippen molar-refractivity contribution in [3.8, 4) is 17.2 Å². The minimum absolute atomic E-state index is 0.0185. The average Bonchev–Trinajstić information content (AvgIpc) is 3.67. The summed E-state index contributed by atoms with van der Waals surface area (Å²) in [6.07, 6.45) is 5.62. The number of phenolic OH excluding ortho intramolecular Hbond substituents is 2. The third-order valence-electron chi connectivity index (χ3n) is 11.5. The van der Waals surface area contributed by atoms with Gasteiger partial charge < -0.3 is 44.7 Å². The van der Waals surface area contributed by atoms with Crippen LogP contribution in [0, 0.1) is 37.5 Å². The summed E-state index contributed by atoms with van der Waals surface area (Å²) in [6, 6.07) is 3.64. The second-order valence-electron chi connectivity index (χ2n) is 15.6. The number of phenols is 2. The van der Waals surface area contributed by atoms with Gasteiger partial charge in [-0.3, -0.25) is 18.8 Å². The first-order chi connectivity index (χ1) is 26.8. The number of aromatic hydroxyl groups is 2. The molecule has 2 aliphatic heterocycles. The van der Waals surface area contributed by atoms with E-state index in [-0.39, 0.29) is 55.7 Å². The molecule has 5 N–H and O–H groups in total. The number of methoxy groups -OCH3 is 1. The number of aliphatic hydroxyl groups excluding tert-OH is 2. The van der Waals surface area contributed by atoms with Crippen molar-refractivity contribution in [1.82, 2.24) is 9.38 Å². The van der Waals surface area contributed by atoms with E-state index >= 15 is 0 Å². The normalized spacial score (nSPS) is 30.8. The molecule has 2 aliphatic rings. The Morgan fingerprint density at radius 3 is 2.35 bits per heavy atom. The summed E-state index contributed by atoms with van der Waals surface area (Å²) in [4.78, 5) is 45.6. The molecule has 304 valence electrons. The van der Waals surface area contributed by atoms with E-state index in [0.717, 1.165) is 5.56 Å². The van der Waals surface area contributed by atoms with Crippen LogP contribution < -0.4 is 10.1 Å². The molecule has 0 aliphatic carbocycles. The van der Waals surface area contributed by atoms with Gasteiger partial charge in [-0.1, -0.05) is 45.9 Å². The minimum atomic E-state index is -1.96. The molecule has 0 unspecified atom stereocenters. The van der Waals surface area contributed by atoms with Crippen LogP contribution in [-0.2, 0) is 23.8 Å². The van der Waals surface area contributed by atoms with E-state index < -0.39 is 77.3 Å². The van der Waals surface area contributed by atoms with E-state index in [1.807, 2.05) is 19.1 Å². The Morgan fingerprint density at radius 1 is 0.982 bits per heavy atom. The molecule has 0 saturated carbocycles. The topological polar surface area (TPSA) is 198 Å². The number of rotatable bonds is 2. The number of allylic oxidation sites excluding steroid dienone is 2. The number of aliphatic hydroxyl groups is 2. The first kappa shape index (κ1) is 41.2. The number of imidazole rings is 1. The van der Waals surface area contributed by atoms with Gasteiger partial charge in [-0.25, -0.2) is 4.98 Å². The van der Waals surface area contributed by atoms with Gasteiger partial charge in [0.25, 0.3) is 11.7 Å². The highest BCUT2D eigenvalue weighted by Gasteiger charge is 2.50. The zero-order valence-electron chi connectivity index (χ0n) is 33.8. The molecule has 1 amide bonds. The van der Waals surface area contributed by atoms with Crippen LogP contribution in [-0.4, -0.2) is 84.8 Å². The standard InChI is InChI=1S/C43H51N3O11/c1-19-14-16-46-28(18-19)44-32-29-30-37(50)25(7)40-31(29)41(52)43(9,57-40)55-17-15-27(54-10)22(4)39(56-26(8)47)24(6)36(49)23(5)35(48)20(2)12-11-13-21(3)42(53)45-33(34(32)46)38(30)51/h11-18,20,22-24,27,35-36,39,48-51H,1-10H3,(H,45,53)/b12-11+,17-15-,21-13-/t20-,22-,23+,24+,27+,35-,36+,39+,43-/m0/s1. The van der Waals surface area contributed by atoms with Gasteiger partial charge in [0.2, 0.25) is 0 Å². The fraction of sp³-hybridized carbons (Fsp3) is 0.442. The molecule has 0 fully saturated rings. The smallest absolute Gasteiger partial charge is 0.312 e. The van der Waals surface area contributed by atoms with Gasteiger partial charge in [0.1, 0.15) is 40.0 Å². The van der Waals surface area contributed by atoms with Crippen LogP contribution in [0.2, 0.25) is 0 Å². The summed E-state index contributed by atoms with van der Waals surface area (Å²) in [5.41, 5.74) is 2.18. The van der Waals surface area contributed by atoms with Gasteiger partial charge in [-0.15, -0.1) is 0 Å². The van der Waals surface area contributed by atoms with Gasteiger partial charge in [0, 0.05) is 67.3 Å². The number of anilines is 1. The minimum Gasteiger partial charge on any atom is -0.507 e. The first-order valence-corrected chi connectivity index (χ1v) is 19.0. The van der Waals surface area contributed by atoms with Crippen molar-refractivity contribution in [3.05, 3.63) is 71.2 Å². The van der Waals surface area contributed by atoms with Crippen LogP contribution in [0.5, 0.6) is 17.2 Å². The molecule has 4 bridgehead atoms. The molecule has 14 heteroatoms. The molecule has 57 heavy (non-hydrogen) atoms. The highest BCUT2D eigenvalue weighted by atomic mass is 16.7. The Kier molecular flexibility index (Phi) is 11.2. The Labute approximate surface area is 330 Å². The average molecular weight is 786 g/mol. The third-order valence-corrected chi connectivity index (χ3v) is 11.5. The lowest BCUT2D eigenvalue weighted by Crippen LogP contribution is -2.46. The Balaban J connectivity index is 1.58. The predicted molar refractivity (Wildman–Crippen MR) is 213 cm³/mol. The summed E-state index contributed by atoms with van der Waals surface area (Å²) in [5, 5.41) is 49.4. The maximum atomic E-state index is 14.6. The largest absolute Gasteiger partial charge is 0.507 e. The van der Waals surface area contributed by atoms with Gasteiger partial charge in [0.15, 0.2) is 5.75 Å². The van der Waals surface area contributed by atoms with E-state index in [2.05, 4.69) is 5.32 Å². The first-order valence-electron chi connectivity index (χ1n) is 19.0. The van der Waals surface area contributed by atoms with Crippen LogP contribution in [0.1, 0.15) is 70.0 Å². The second-order valence-corrected chi connectivity index (χ2v) is 15.6. The van der Waals surface area contributed by atoms with Gasteiger partial charge >= 0.3 is 11.8 Å². The number of nitrogens with zero attached hydrogens (tertiary/aromatic N) is 2. The predicted octanol–water partition coefficient (Wildman–Crippen LogP) is 6.16. The highest BCUT2D eigenvalue weighted by molar-refractivity contribution is 6.28. The number of nitrogens with one attached hydrogen (secondary N) is 1. The number of esters is 1. The van der Waals surface area contributed by atoms with Gasteiger partial charge in [0.05, 0.1) is 35.5 Å². The number of ether oxygens (including phenoxy) is 4. The Hall–Kier alpha value is -5.44. The Morgan fingerprint density at radius 2 is 1.68 bits per heavy atom. The molecule has 4 heterocycles. The summed E-state index contributed by atoms with van der Waals surface area (Å²) >= 11 is 0.